The highest BCUT2D eigenvalue weighted by molar-refractivity contribution is 9.10. The maximum atomic E-state index is 13.9. The van der Waals surface area contributed by atoms with Crippen LogP contribution in [0, 0.1) is 5.92 Å². The van der Waals surface area contributed by atoms with Crippen LogP contribution in [0.2, 0.25) is 0 Å². The van der Waals surface area contributed by atoms with Crippen LogP contribution in [0.4, 0.5) is 0 Å². The number of carbonyl (C=O) groups is 2. The number of ketones is 1. The number of nitrogens with zero attached hydrogens (tertiary/aromatic N) is 1. The lowest BCUT2D eigenvalue weighted by Crippen LogP contribution is -2.38. The van der Waals surface area contributed by atoms with Crippen LogP contribution >= 0.6 is 15.9 Å². The molecule has 208 valence electrons. The molecule has 3 atom stereocenters. The summed E-state index contributed by atoms with van der Waals surface area (Å²) in [6.07, 6.45) is 0.828. The topological polar surface area (TPSA) is 92.7 Å². The number of aliphatic imine (C=N–C) groups is 1. The Labute approximate surface area is 237 Å². The Bertz CT molecular complexity index is 1300. The van der Waals surface area contributed by atoms with E-state index in [4.69, 9.17) is 28.7 Å². The van der Waals surface area contributed by atoms with Gasteiger partial charge in [-0.3, -0.25) is 14.6 Å². The molecule has 8 nitrogen and oxygen atoms in total. The average molecular weight is 601 g/mol. The molecule has 1 aliphatic carbocycles. The Morgan fingerprint density at radius 1 is 0.974 bits per heavy atom. The molecule has 1 heterocycles. The summed E-state index contributed by atoms with van der Waals surface area (Å²) >= 11 is 3.55. The number of carbonyl (C=O) groups excluding carboxylic acids is 2. The molecule has 0 radical (unpaired) electrons. The van der Waals surface area contributed by atoms with Gasteiger partial charge in [-0.1, -0.05) is 22.0 Å². The van der Waals surface area contributed by atoms with E-state index in [9.17, 15) is 9.59 Å². The third-order valence-corrected chi connectivity index (χ3v) is 7.72. The number of esters is 1. The van der Waals surface area contributed by atoms with Gasteiger partial charge in [0, 0.05) is 46.0 Å². The quantitative estimate of drug-likeness (QED) is 0.258. The van der Waals surface area contributed by atoms with E-state index in [2.05, 4.69) is 15.9 Å². The number of hydrogen-bond acceptors (Lipinski definition) is 8. The number of benzene rings is 2. The van der Waals surface area contributed by atoms with Crippen LogP contribution in [0.5, 0.6) is 17.2 Å². The molecular formula is C30H34BrNO7. The van der Waals surface area contributed by atoms with Crippen molar-refractivity contribution >= 4 is 33.4 Å². The van der Waals surface area contributed by atoms with E-state index in [-0.39, 0.29) is 24.7 Å². The SMILES string of the molecule is CCOCCOC(=O)C1C(C)=NC2=C(C(=O)C[C@H](c3ccc(OC)c(OC)c3)C2)[C@H]1c1cc(Br)ccc1OC. The fourth-order valence-electron chi connectivity index (χ4n) is 5.43. The summed E-state index contributed by atoms with van der Waals surface area (Å²) in [5, 5.41) is 0. The third kappa shape index (κ3) is 6.04. The van der Waals surface area contributed by atoms with Gasteiger partial charge < -0.3 is 23.7 Å². The molecule has 4 rings (SSSR count). The van der Waals surface area contributed by atoms with Gasteiger partial charge in [-0.15, -0.1) is 0 Å². The van der Waals surface area contributed by atoms with E-state index >= 15 is 0 Å². The second kappa shape index (κ2) is 12.8. The van der Waals surface area contributed by atoms with Gasteiger partial charge in [-0.2, -0.15) is 0 Å². The summed E-state index contributed by atoms with van der Waals surface area (Å²) < 4.78 is 28.3. The maximum Gasteiger partial charge on any atom is 0.315 e. The van der Waals surface area contributed by atoms with E-state index in [1.165, 1.54) is 0 Å². The summed E-state index contributed by atoms with van der Waals surface area (Å²) in [7, 11) is 4.76. The minimum atomic E-state index is -0.768. The van der Waals surface area contributed by atoms with Crippen LogP contribution in [-0.4, -0.2) is 58.6 Å². The van der Waals surface area contributed by atoms with E-state index in [1.807, 2.05) is 50.2 Å². The van der Waals surface area contributed by atoms with Crippen molar-refractivity contribution in [1.29, 1.82) is 0 Å². The predicted octanol–water partition coefficient (Wildman–Crippen LogP) is 5.63. The second-order valence-electron chi connectivity index (χ2n) is 9.46. The monoisotopic (exact) mass is 599 g/mol. The van der Waals surface area contributed by atoms with Gasteiger partial charge in [0.15, 0.2) is 17.3 Å². The molecule has 0 aromatic heterocycles. The lowest BCUT2D eigenvalue weighted by atomic mass is 9.69. The zero-order chi connectivity index (χ0) is 28.1. The predicted molar refractivity (Wildman–Crippen MR) is 151 cm³/mol. The van der Waals surface area contributed by atoms with Gasteiger partial charge >= 0.3 is 5.97 Å². The number of methoxy groups -OCH3 is 3. The molecule has 1 aliphatic heterocycles. The van der Waals surface area contributed by atoms with E-state index in [0.717, 1.165) is 15.6 Å². The fourth-order valence-corrected chi connectivity index (χ4v) is 5.81. The summed E-state index contributed by atoms with van der Waals surface area (Å²) in [4.78, 5) is 32.2. The van der Waals surface area contributed by atoms with E-state index < -0.39 is 17.8 Å². The molecule has 0 saturated carbocycles. The van der Waals surface area contributed by atoms with Crippen molar-refractivity contribution in [2.75, 3.05) is 41.2 Å². The Morgan fingerprint density at radius 3 is 2.38 bits per heavy atom. The normalized spacial score (nSPS) is 20.7. The zero-order valence-electron chi connectivity index (χ0n) is 22.9. The van der Waals surface area contributed by atoms with Crippen molar-refractivity contribution in [2.45, 2.75) is 38.5 Å². The number of ether oxygens (including phenoxy) is 5. The molecule has 2 aromatic carbocycles. The van der Waals surface area contributed by atoms with Gasteiger partial charge in [-0.25, -0.2) is 0 Å². The smallest absolute Gasteiger partial charge is 0.315 e. The molecule has 2 aromatic rings. The van der Waals surface area contributed by atoms with E-state index in [0.29, 0.717) is 53.9 Å². The van der Waals surface area contributed by atoms with Gasteiger partial charge in [0.2, 0.25) is 0 Å². The molecule has 0 fully saturated rings. The summed E-state index contributed by atoms with van der Waals surface area (Å²) in [5.74, 6) is -0.118. The third-order valence-electron chi connectivity index (χ3n) is 7.22. The molecule has 2 aliphatic rings. The minimum absolute atomic E-state index is 0.0496. The molecule has 0 saturated heterocycles. The van der Waals surface area contributed by atoms with Crippen LogP contribution in [-0.2, 0) is 19.1 Å². The number of allylic oxidation sites excluding steroid dienone is 2. The van der Waals surface area contributed by atoms with Crippen molar-refractivity contribution < 1.29 is 33.3 Å². The highest BCUT2D eigenvalue weighted by Crippen LogP contribution is 2.49. The number of halogens is 1. The molecular weight excluding hydrogens is 566 g/mol. The standard InChI is InChI=1S/C30H34BrNO7/c1-6-38-11-12-39-30(34)27-17(2)32-22-13-19(18-7-9-25(36-4)26(15-18)37-5)14-23(33)29(22)28(27)21-16-20(31)8-10-24(21)35-3/h7-10,15-16,19,27-28H,6,11-14H2,1-5H3/t19-,27?,28+/m1/s1. The lowest BCUT2D eigenvalue weighted by Gasteiger charge is -2.37. The molecule has 9 heteroatoms. The van der Waals surface area contributed by atoms with Gasteiger partial charge in [0.1, 0.15) is 18.3 Å². The number of rotatable bonds is 10. The van der Waals surface area contributed by atoms with Crippen molar-refractivity contribution in [3.05, 3.63) is 63.3 Å². The summed E-state index contributed by atoms with van der Waals surface area (Å²) in [6, 6.07) is 11.3. The summed E-state index contributed by atoms with van der Waals surface area (Å²) in [6.45, 7) is 4.66. The lowest BCUT2D eigenvalue weighted by molar-refractivity contribution is -0.148. The minimum Gasteiger partial charge on any atom is -0.496 e. The summed E-state index contributed by atoms with van der Waals surface area (Å²) in [5.41, 5.74) is 3.53. The van der Waals surface area contributed by atoms with Crippen molar-refractivity contribution in [1.82, 2.24) is 0 Å². The Hall–Kier alpha value is -3.17. The van der Waals surface area contributed by atoms with Crippen LogP contribution in [0.1, 0.15) is 49.7 Å². The van der Waals surface area contributed by atoms with Crippen LogP contribution < -0.4 is 14.2 Å². The Balaban J connectivity index is 1.77. The second-order valence-corrected chi connectivity index (χ2v) is 10.4. The van der Waals surface area contributed by atoms with Gasteiger partial charge in [0.25, 0.3) is 0 Å². The van der Waals surface area contributed by atoms with Gasteiger partial charge in [-0.05, 0) is 62.1 Å². The number of Topliss-reactive ketones (excluding diaryl/α,β-unsaturated/α-hetero) is 1. The van der Waals surface area contributed by atoms with Crippen LogP contribution in [0.25, 0.3) is 0 Å². The maximum absolute atomic E-state index is 13.9. The van der Waals surface area contributed by atoms with Crippen molar-refractivity contribution in [3.63, 3.8) is 0 Å². The largest absolute Gasteiger partial charge is 0.496 e. The number of hydrogen-bond donors (Lipinski definition) is 0. The Morgan fingerprint density at radius 2 is 1.69 bits per heavy atom. The van der Waals surface area contributed by atoms with Crippen LogP contribution in [0.15, 0.2) is 57.1 Å². The first-order valence-corrected chi connectivity index (χ1v) is 13.7. The highest BCUT2D eigenvalue weighted by Gasteiger charge is 2.46. The van der Waals surface area contributed by atoms with Crippen molar-refractivity contribution in [3.8, 4) is 17.2 Å². The van der Waals surface area contributed by atoms with E-state index in [1.54, 1.807) is 21.3 Å². The first-order chi connectivity index (χ1) is 18.8. The van der Waals surface area contributed by atoms with Crippen molar-refractivity contribution in [2.24, 2.45) is 10.9 Å². The molecule has 0 N–H and O–H groups in total. The fraction of sp³-hybridized carbons (Fsp3) is 0.433. The zero-order valence-corrected chi connectivity index (χ0v) is 24.5. The molecule has 1 unspecified atom stereocenters. The molecule has 39 heavy (non-hydrogen) atoms. The molecule has 0 amide bonds. The first-order valence-electron chi connectivity index (χ1n) is 12.9. The highest BCUT2D eigenvalue weighted by atomic mass is 79.9. The Kier molecular flexibility index (Phi) is 9.45. The first kappa shape index (κ1) is 28.8. The molecule has 0 bridgehead atoms. The van der Waals surface area contributed by atoms with Gasteiger partial charge in [0.05, 0.1) is 27.9 Å². The van der Waals surface area contributed by atoms with Crippen LogP contribution in [0.3, 0.4) is 0 Å². The molecule has 0 spiro atoms. The average Bonchev–Trinajstić information content (AvgIpc) is 2.93.